The Hall–Kier alpha value is -2.35. The number of carboxylic acids is 1. The number of hydrogen-bond donors (Lipinski definition) is 3. The van der Waals surface area contributed by atoms with Crippen LogP contribution in [0.15, 0.2) is 22.8 Å². The maximum atomic E-state index is 12.6. The minimum atomic E-state index is -1.27. The topological polar surface area (TPSA) is 132 Å². The van der Waals surface area contributed by atoms with Gasteiger partial charge in [-0.05, 0) is 36.8 Å². The second kappa shape index (κ2) is 8.15. The maximum Gasteiger partial charge on any atom is 0.336 e. The normalized spacial score (nSPS) is 25.2. The molecule has 0 saturated heterocycles. The molecule has 1 aromatic heterocycles. The maximum absolute atomic E-state index is 12.6. The average Bonchev–Trinajstić information content (AvgIpc) is 3.17. The molecule has 0 aliphatic heterocycles. The van der Waals surface area contributed by atoms with E-state index in [4.69, 9.17) is 20.0 Å². The summed E-state index contributed by atoms with van der Waals surface area (Å²) < 4.78 is 10.8. The zero-order valence-electron chi connectivity index (χ0n) is 14.3. The number of carboxylic acid groups (broad SMARTS) is 1. The zero-order valence-corrected chi connectivity index (χ0v) is 14.3. The van der Waals surface area contributed by atoms with Crippen molar-refractivity contribution < 1.29 is 28.6 Å². The van der Waals surface area contributed by atoms with Crippen LogP contribution >= 0.6 is 0 Å². The van der Waals surface area contributed by atoms with Gasteiger partial charge in [0.05, 0.1) is 18.7 Å². The van der Waals surface area contributed by atoms with E-state index in [-0.39, 0.29) is 23.7 Å². The van der Waals surface area contributed by atoms with E-state index >= 15 is 0 Å². The quantitative estimate of drug-likeness (QED) is 0.628. The van der Waals surface area contributed by atoms with Crippen molar-refractivity contribution in [2.75, 3.05) is 0 Å². The summed E-state index contributed by atoms with van der Waals surface area (Å²) in [4.78, 5) is 35.4. The number of ether oxygens (including phenoxy) is 1. The van der Waals surface area contributed by atoms with Gasteiger partial charge in [0.25, 0.3) is 0 Å². The molecule has 4 N–H and O–H groups in total. The fourth-order valence-corrected chi connectivity index (χ4v) is 3.08. The lowest BCUT2D eigenvalue weighted by Crippen LogP contribution is -2.46. The van der Waals surface area contributed by atoms with E-state index in [2.05, 4.69) is 5.32 Å². The van der Waals surface area contributed by atoms with Crippen LogP contribution in [0, 0.1) is 11.8 Å². The summed E-state index contributed by atoms with van der Waals surface area (Å²) in [7, 11) is 0. The first kappa shape index (κ1) is 19.0. The fourth-order valence-electron chi connectivity index (χ4n) is 3.08. The molecule has 0 spiro atoms. The Morgan fingerprint density at radius 1 is 1.36 bits per heavy atom. The van der Waals surface area contributed by atoms with Crippen molar-refractivity contribution in [3.8, 4) is 0 Å². The van der Waals surface area contributed by atoms with Gasteiger partial charge in [-0.25, -0.2) is 4.79 Å². The summed E-state index contributed by atoms with van der Waals surface area (Å²) >= 11 is 0. The number of nitrogens with two attached hydrogens (primary N) is 1. The smallest absolute Gasteiger partial charge is 0.336 e. The van der Waals surface area contributed by atoms with Gasteiger partial charge in [0.15, 0.2) is 6.04 Å². The predicted octanol–water partition coefficient (Wildman–Crippen LogP) is 1.22. The van der Waals surface area contributed by atoms with Crippen LogP contribution in [0.5, 0.6) is 0 Å². The largest absolute Gasteiger partial charge is 0.481 e. The summed E-state index contributed by atoms with van der Waals surface area (Å²) in [6, 6.07) is 0.686. The van der Waals surface area contributed by atoms with Gasteiger partial charge in [0, 0.05) is 0 Å². The Kier molecular flexibility index (Phi) is 6.19. The van der Waals surface area contributed by atoms with Gasteiger partial charge in [-0.3, -0.25) is 9.59 Å². The number of furan rings is 1. The van der Waals surface area contributed by atoms with Crippen LogP contribution in [0.25, 0.3) is 0 Å². The Bertz CT molecular complexity index is 605. The summed E-state index contributed by atoms with van der Waals surface area (Å²) in [5, 5.41) is 11.2. The second-order valence-electron chi connectivity index (χ2n) is 6.59. The molecular weight excluding hydrogens is 328 g/mol. The molecule has 138 valence electrons. The molecule has 1 fully saturated rings. The summed E-state index contributed by atoms with van der Waals surface area (Å²) in [6.07, 6.45) is 2.55. The molecule has 1 heterocycles. The monoisotopic (exact) mass is 352 g/mol. The predicted molar refractivity (Wildman–Crippen MR) is 87.3 cm³/mol. The van der Waals surface area contributed by atoms with Gasteiger partial charge in [-0.2, -0.15) is 0 Å². The average molecular weight is 352 g/mol. The van der Waals surface area contributed by atoms with Crippen LogP contribution in [0.1, 0.15) is 44.9 Å². The van der Waals surface area contributed by atoms with Crippen molar-refractivity contribution >= 4 is 17.8 Å². The van der Waals surface area contributed by atoms with Crippen LogP contribution in [0.3, 0.4) is 0 Å². The Balaban J connectivity index is 2.09. The third kappa shape index (κ3) is 4.82. The van der Waals surface area contributed by atoms with Crippen molar-refractivity contribution in [1.82, 2.24) is 5.32 Å². The molecule has 0 aromatic carbocycles. The van der Waals surface area contributed by atoms with Gasteiger partial charge < -0.3 is 25.3 Å². The van der Waals surface area contributed by atoms with Crippen molar-refractivity contribution in [3.63, 3.8) is 0 Å². The minimum absolute atomic E-state index is 0.208. The second-order valence-corrected chi connectivity index (χ2v) is 6.59. The molecule has 1 aliphatic carbocycles. The third-order valence-corrected chi connectivity index (χ3v) is 4.53. The highest BCUT2D eigenvalue weighted by Gasteiger charge is 2.37. The highest BCUT2D eigenvalue weighted by atomic mass is 16.5. The van der Waals surface area contributed by atoms with E-state index in [0.29, 0.717) is 0 Å². The van der Waals surface area contributed by atoms with E-state index in [1.165, 1.54) is 12.3 Å². The molecule has 1 aliphatic rings. The van der Waals surface area contributed by atoms with Crippen LogP contribution in [0.4, 0.5) is 0 Å². The molecular formula is C17H24N2O6. The molecule has 25 heavy (non-hydrogen) atoms. The van der Waals surface area contributed by atoms with Gasteiger partial charge in [-0.1, -0.05) is 13.8 Å². The van der Waals surface area contributed by atoms with Crippen molar-refractivity contribution in [1.29, 1.82) is 0 Å². The lowest BCUT2D eigenvalue weighted by atomic mass is 10.0. The Morgan fingerprint density at radius 3 is 2.52 bits per heavy atom. The summed E-state index contributed by atoms with van der Waals surface area (Å²) in [5.74, 6) is -1.92. The zero-order chi connectivity index (χ0) is 18.6. The molecule has 2 rings (SSSR count). The van der Waals surface area contributed by atoms with Gasteiger partial charge in [-0.15, -0.1) is 0 Å². The van der Waals surface area contributed by atoms with E-state index in [1.807, 2.05) is 13.8 Å². The number of amides is 1. The number of nitrogens with one attached hydrogen (secondary N) is 1. The third-order valence-electron chi connectivity index (χ3n) is 4.53. The van der Waals surface area contributed by atoms with Crippen LogP contribution in [-0.4, -0.2) is 35.1 Å². The van der Waals surface area contributed by atoms with Gasteiger partial charge in [0.1, 0.15) is 11.9 Å². The van der Waals surface area contributed by atoms with Crippen molar-refractivity contribution in [2.24, 2.45) is 17.6 Å². The first-order chi connectivity index (χ1) is 11.8. The Labute approximate surface area is 145 Å². The highest BCUT2D eigenvalue weighted by molar-refractivity contribution is 5.90. The number of hydrogen-bond acceptors (Lipinski definition) is 6. The Morgan fingerprint density at radius 2 is 2.00 bits per heavy atom. The molecule has 8 nitrogen and oxygen atoms in total. The number of esters is 1. The molecule has 1 saturated carbocycles. The van der Waals surface area contributed by atoms with Gasteiger partial charge >= 0.3 is 11.9 Å². The molecule has 0 radical (unpaired) electrons. The number of carbonyl (C=O) groups excluding carboxylic acids is 2. The molecule has 3 unspecified atom stereocenters. The summed E-state index contributed by atoms with van der Waals surface area (Å²) in [6.45, 7) is 4.04. The molecule has 1 aromatic rings. The molecule has 1 amide bonds. The lowest BCUT2D eigenvalue weighted by Gasteiger charge is -2.24. The van der Waals surface area contributed by atoms with Gasteiger partial charge in [0.2, 0.25) is 5.91 Å². The minimum Gasteiger partial charge on any atom is -0.481 e. The lowest BCUT2D eigenvalue weighted by molar-refractivity contribution is -0.157. The van der Waals surface area contributed by atoms with Crippen LogP contribution in [-0.2, 0) is 19.1 Å². The van der Waals surface area contributed by atoms with Crippen LogP contribution < -0.4 is 11.1 Å². The number of carbonyl (C=O) groups is 3. The van der Waals surface area contributed by atoms with E-state index < -0.39 is 36.4 Å². The van der Waals surface area contributed by atoms with E-state index in [0.717, 1.165) is 12.8 Å². The van der Waals surface area contributed by atoms with Crippen LogP contribution in [0.2, 0.25) is 0 Å². The first-order valence-corrected chi connectivity index (χ1v) is 8.31. The number of rotatable bonds is 7. The molecule has 8 heteroatoms. The first-order valence-electron chi connectivity index (χ1n) is 8.31. The van der Waals surface area contributed by atoms with E-state index in [9.17, 15) is 14.4 Å². The summed E-state index contributed by atoms with van der Waals surface area (Å²) in [5.41, 5.74) is 5.55. The van der Waals surface area contributed by atoms with E-state index in [1.54, 1.807) is 6.07 Å². The SMILES string of the molecule is CC1CCC(C)C1OC(=O)C(NC(=O)[C@@H](N)CC(=O)O)c1ccco1. The van der Waals surface area contributed by atoms with Crippen molar-refractivity contribution in [3.05, 3.63) is 24.2 Å². The number of aliphatic carboxylic acids is 1. The molecule has 0 bridgehead atoms. The highest BCUT2D eigenvalue weighted by Crippen LogP contribution is 2.34. The fraction of sp³-hybridized carbons (Fsp3) is 0.588. The molecule has 4 atom stereocenters. The van der Waals surface area contributed by atoms with Crippen molar-refractivity contribution in [2.45, 2.75) is 51.3 Å². The standard InChI is InChI=1S/C17H24N2O6/c1-9-5-6-10(2)15(9)25-17(23)14(12-4-3-7-24-12)19-16(22)11(18)8-13(20)21/h3-4,7,9-11,14-15H,5-6,8,18H2,1-2H3,(H,19,22)(H,20,21)/t9?,10?,11-,14?,15?/m0/s1.